The monoisotopic (exact) mass is 282 g/mol. The molecule has 0 unspecified atom stereocenters. The maximum Gasteiger partial charge on any atom is 0.270 e. The zero-order valence-corrected chi connectivity index (χ0v) is 12.4. The van der Waals surface area contributed by atoms with Crippen LogP contribution in [0.15, 0.2) is 18.2 Å². The van der Waals surface area contributed by atoms with E-state index in [1.165, 1.54) is 5.56 Å². The Balaban J connectivity index is 2.29. The van der Waals surface area contributed by atoms with Gasteiger partial charge < -0.3 is 4.74 Å². The molecule has 0 aliphatic rings. The van der Waals surface area contributed by atoms with E-state index in [1.807, 2.05) is 13.0 Å². The molecule has 1 aromatic carbocycles. The second kappa shape index (κ2) is 4.86. The fraction of sp³-hybridized carbons (Fsp3) is 0.385. The quantitative estimate of drug-likeness (QED) is 0.808. The van der Waals surface area contributed by atoms with Crippen LogP contribution in [0.1, 0.15) is 31.9 Å². The average Bonchev–Trinajstić information content (AvgIpc) is 2.66. The summed E-state index contributed by atoms with van der Waals surface area (Å²) < 4.78 is 13.5. The van der Waals surface area contributed by atoms with Crippen molar-refractivity contribution in [3.05, 3.63) is 34.5 Å². The lowest BCUT2D eigenvalue weighted by atomic mass is 9.86. The maximum atomic E-state index is 5.86. The van der Waals surface area contributed by atoms with Gasteiger partial charge in [0.15, 0.2) is 0 Å². The van der Waals surface area contributed by atoms with Crippen molar-refractivity contribution in [1.29, 1.82) is 0 Å². The molecule has 1 heterocycles. The van der Waals surface area contributed by atoms with Gasteiger partial charge >= 0.3 is 0 Å². The molecule has 0 atom stereocenters. The van der Waals surface area contributed by atoms with Crippen LogP contribution in [0.3, 0.4) is 0 Å². The Labute approximate surface area is 116 Å². The summed E-state index contributed by atoms with van der Waals surface area (Å²) in [5, 5.41) is 0.305. The van der Waals surface area contributed by atoms with E-state index in [9.17, 15) is 0 Å². The van der Waals surface area contributed by atoms with Gasteiger partial charge in [-0.15, -0.1) is 4.37 Å². The summed E-state index contributed by atoms with van der Waals surface area (Å²) in [4.78, 5) is 0. The SMILES string of the molecule is Cc1cc(C(C)(C)C)ccc1Oc1nsnc1Cl. The fourth-order valence-electron chi connectivity index (χ4n) is 1.57. The van der Waals surface area contributed by atoms with Gasteiger partial charge in [0.2, 0.25) is 5.15 Å². The Bertz CT molecular complexity index is 560. The minimum absolute atomic E-state index is 0.128. The van der Waals surface area contributed by atoms with E-state index in [4.69, 9.17) is 16.3 Å². The predicted molar refractivity (Wildman–Crippen MR) is 74.9 cm³/mol. The lowest BCUT2D eigenvalue weighted by Gasteiger charge is -2.20. The van der Waals surface area contributed by atoms with Gasteiger partial charge in [-0.3, -0.25) is 0 Å². The first-order valence-corrected chi connectivity index (χ1v) is 6.76. The summed E-state index contributed by atoms with van der Waals surface area (Å²) in [6, 6.07) is 6.14. The topological polar surface area (TPSA) is 35.0 Å². The molecule has 0 aliphatic carbocycles. The number of aryl methyl sites for hydroxylation is 1. The van der Waals surface area contributed by atoms with Crippen molar-refractivity contribution >= 4 is 23.3 Å². The van der Waals surface area contributed by atoms with Crippen molar-refractivity contribution in [2.75, 3.05) is 0 Å². The van der Waals surface area contributed by atoms with Gasteiger partial charge in [0.1, 0.15) is 5.75 Å². The van der Waals surface area contributed by atoms with Crippen LogP contribution in [-0.2, 0) is 5.41 Å². The number of rotatable bonds is 2. The average molecular weight is 283 g/mol. The first-order valence-electron chi connectivity index (χ1n) is 5.65. The van der Waals surface area contributed by atoms with E-state index in [0.29, 0.717) is 11.0 Å². The standard InChI is InChI=1S/C13H15ClN2OS/c1-8-7-9(13(2,3)4)5-6-10(8)17-12-11(14)15-18-16-12/h5-7H,1-4H3. The molecular formula is C13H15ClN2OS. The highest BCUT2D eigenvalue weighted by Gasteiger charge is 2.16. The highest BCUT2D eigenvalue weighted by Crippen LogP contribution is 2.32. The summed E-state index contributed by atoms with van der Waals surface area (Å²) in [5.41, 5.74) is 2.46. The number of ether oxygens (including phenoxy) is 1. The highest BCUT2D eigenvalue weighted by atomic mass is 35.5. The van der Waals surface area contributed by atoms with Crippen LogP contribution in [0.5, 0.6) is 11.6 Å². The van der Waals surface area contributed by atoms with Gasteiger partial charge in [-0.05, 0) is 29.5 Å². The highest BCUT2D eigenvalue weighted by molar-refractivity contribution is 6.99. The second-order valence-electron chi connectivity index (χ2n) is 5.19. The zero-order chi connectivity index (χ0) is 13.3. The molecule has 18 heavy (non-hydrogen) atoms. The molecule has 0 bridgehead atoms. The van der Waals surface area contributed by atoms with Crippen molar-refractivity contribution in [2.45, 2.75) is 33.1 Å². The molecule has 0 saturated heterocycles. The number of hydrogen-bond acceptors (Lipinski definition) is 4. The first-order chi connectivity index (χ1) is 8.38. The normalized spacial score (nSPS) is 11.6. The number of halogens is 1. The van der Waals surface area contributed by atoms with E-state index in [1.54, 1.807) is 0 Å². The van der Waals surface area contributed by atoms with Crippen LogP contribution in [0, 0.1) is 6.92 Å². The van der Waals surface area contributed by atoms with Crippen LogP contribution in [0.2, 0.25) is 5.15 Å². The van der Waals surface area contributed by atoms with Crippen LogP contribution in [0.25, 0.3) is 0 Å². The molecule has 3 nitrogen and oxygen atoms in total. The number of hydrogen-bond donors (Lipinski definition) is 0. The summed E-state index contributed by atoms with van der Waals surface area (Å²) in [7, 11) is 0. The van der Waals surface area contributed by atoms with Gasteiger partial charge in [0.25, 0.3) is 5.88 Å². The van der Waals surface area contributed by atoms with Gasteiger partial charge in [-0.25, -0.2) is 0 Å². The minimum atomic E-state index is 0.128. The Kier molecular flexibility index (Phi) is 3.59. The summed E-state index contributed by atoms with van der Waals surface area (Å²) in [5.74, 6) is 1.13. The molecule has 0 fully saturated rings. The van der Waals surface area contributed by atoms with Crippen LogP contribution in [-0.4, -0.2) is 8.75 Å². The summed E-state index contributed by atoms with van der Waals surface area (Å²) >= 11 is 6.90. The van der Waals surface area contributed by atoms with Crippen LogP contribution in [0.4, 0.5) is 0 Å². The van der Waals surface area contributed by atoms with Crippen molar-refractivity contribution < 1.29 is 4.74 Å². The van der Waals surface area contributed by atoms with Gasteiger partial charge in [0.05, 0.1) is 11.7 Å². The zero-order valence-electron chi connectivity index (χ0n) is 10.8. The van der Waals surface area contributed by atoms with Crippen molar-refractivity contribution in [2.24, 2.45) is 0 Å². The van der Waals surface area contributed by atoms with E-state index in [-0.39, 0.29) is 5.41 Å². The van der Waals surface area contributed by atoms with Crippen molar-refractivity contribution in [3.8, 4) is 11.6 Å². The third-order valence-corrected chi connectivity index (χ3v) is 3.53. The van der Waals surface area contributed by atoms with E-state index in [0.717, 1.165) is 23.0 Å². The molecule has 2 aromatic rings. The second-order valence-corrected chi connectivity index (χ2v) is 6.08. The Morgan fingerprint density at radius 1 is 1.22 bits per heavy atom. The third kappa shape index (κ3) is 2.82. The Morgan fingerprint density at radius 3 is 2.44 bits per heavy atom. The molecule has 96 valence electrons. The van der Waals surface area contributed by atoms with Crippen molar-refractivity contribution in [1.82, 2.24) is 8.75 Å². The van der Waals surface area contributed by atoms with Gasteiger partial charge in [0, 0.05) is 0 Å². The molecule has 5 heteroatoms. The van der Waals surface area contributed by atoms with Crippen LogP contribution >= 0.6 is 23.3 Å². The molecule has 1 aromatic heterocycles. The van der Waals surface area contributed by atoms with Crippen LogP contribution < -0.4 is 4.74 Å². The molecule has 2 rings (SSSR count). The maximum absolute atomic E-state index is 5.86. The largest absolute Gasteiger partial charge is 0.435 e. The lowest BCUT2D eigenvalue weighted by molar-refractivity contribution is 0.463. The van der Waals surface area contributed by atoms with E-state index >= 15 is 0 Å². The summed E-state index contributed by atoms with van der Waals surface area (Å²) in [6.07, 6.45) is 0. The number of benzene rings is 1. The predicted octanol–water partition coefficient (Wildman–Crippen LogP) is 4.59. The smallest absolute Gasteiger partial charge is 0.270 e. The molecule has 0 amide bonds. The third-order valence-electron chi connectivity index (χ3n) is 2.67. The Hall–Kier alpha value is -1.13. The minimum Gasteiger partial charge on any atom is -0.435 e. The summed E-state index contributed by atoms with van der Waals surface area (Å²) in [6.45, 7) is 8.56. The fourth-order valence-corrected chi connectivity index (χ4v) is 2.18. The molecule has 0 aliphatic heterocycles. The molecule has 0 saturated carbocycles. The van der Waals surface area contributed by atoms with Gasteiger partial charge in [-0.1, -0.05) is 44.5 Å². The van der Waals surface area contributed by atoms with Crippen molar-refractivity contribution in [3.63, 3.8) is 0 Å². The lowest BCUT2D eigenvalue weighted by Crippen LogP contribution is -2.11. The molecular weight excluding hydrogens is 268 g/mol. The molecule has 0 spiro atoms. The number of aromatic nitrogens is 2. The Morgan fingerprint density at radius 2 is 1.94 bits per heavy atom. The molecule has 0 radical (unpaired) electrons. The number of nitrogens with zero attached hydrogens (tertiary/aromatic N) is 2. The first kappa shape index (κ1) is 13.3. The van der Waals surface area contributed by atoms with E-state index in [2.05, 4.69) is 41.7 Å². The van der Waals surface area contributed by atoms with E-state index < -0.39 is 0 Å². The van der Waals surface area contributed by atoms with Gasteiger partial charge in [-0.2, -0.15) is 4.37 Å². The molecule has 0 N–H and O–H groups in total.